The quantitative estimate of drug-likeness (QED) is 0.833. The summed E-state index contributed by atoms with van der Waals surface area (Å²) in [4.78, 5) is 23.3. The highest BCUT2D eigenvalue weighted by Crippen LogP contribution is 2.29. The van der Waals surface area contributed by atoms with Gasteiger partial charge in [0.15, 0.2) is 0 Å². The molecule has 2 aromatic rings. The second-order valence-corrected chi connectivity index (χ2v) is 6.43. The van der Waals surface area contributed by atoms with Crippen molar-refractivity contribution in [3.63, 3.8) is 0 Å². The number of amides is 1. The molecule has 2 aromatic carbocycles. The van der Waals surface area contributed by atoms with E-state index in [0.29, 0.717) is 11.3 Å². The minimum absolute atomic E-state index is 0.202. The molecule has 4 nitrogen and oxygen atoms in total. The van der Waals surface area contributed by atoms with Crippen LogP contribution in [-0.4, -0.2) is 17.0 Å². The van der Waals surface area contributed by atoms with Crippen LogP contribution in [0.25, 0.3) is 0 Å². The molecule has 0 aliphatic rings. The lowest BCUT2D eigenvalue weighted by molar-refractivity contribution is -0.142. The summed E-state index contributed by atoms with van der Waals surface area (Å²) in [6.07, 6.45) is -4.66. The molecule has 138 valence electrons. The number of alkyl halides is 3. The average Bonchev–Trinajstić information content (AvgIpc) is 2.54. The van der Waals surface area contributed by atoms with Gasteiger partial charge in [0.1, 0.15) is 0 Å². The van der Waals surface area contributed by atoms with Gasteiger partial charge in [-0.2, -0.15) is 13.2 Å². The number of halogens is 3. The van der Waals surface area contributed by atoms with Gasteiger partial charge in [0.2, 0.25) is 5.91 Å². The molecular weight excluding hydrogens is 347 g/mol. The molecule has 26 heavy (non-hydrogen) atoms. The highest BCUT2D eigenvalue weighted by atomic mass is 19.4. The number of carboxylic acid groups (broad SMARTS) is 1. The molecule has 7 heteroatoms. The molecule has 0 bridgehead atoms. The van der Waals surface area contributed by atoms with Crippen molar-refractivity contribution in [2.75, 3.05) is 5.32 Å². The molecule has 0 radical (unpaired) electrons. The molecular formula is C19H18F3NO3. The smallest absolute Gasteiger partial charge is 0.416 e. The Morgan fingerprint density at radius 3 is 2.15 bits per heavy atom. The summed E-state index contributed by atoms with van der Waals surface area (Å²) in [6, 6.07) is 10.9. The minimum atomic E-state index is -4.46. The van der Waals surface area contributed by atoms with E-state index in [4.69, 9.17) is 0 Å². The molecule has 2 rings (SSSR count). The fourth-order valence-electron chi connectivity index (χ4n) is 2.34. The second kappa shape index (κ2) is 7.19. The average molecular weight is 365 g/mol. The number of benzene rings is 2. The van der Waals surface area contributed by atoms with Gasteiger partial charge in [-0.05, 0) is 43.2 Å². The predicted molar refractivity (Wildman–Crippen MR) is 90.9 cm³/mol. The highest BCUT2D eigenvalue weighted by Gasteiger charge is 2.30. The Morgan fingerprint density at radius 1 is 1.00 bits per heavy atom. The Kier molecular flexibility index (Phi) is 5.39. The Balaban J connectivity index is 2.06. The largest absolute Gasteiger partial charge is 0.481 e. The van der Waals surface area contributed by atoms with E-state index in [9.17, 15) is 27.9 Å². The van der Waals surface area contributed by atoms with Gasteiger partial charge < -0.3 is 10.4 Å². The summed E-state index contributed by atoms with van der Waals surface area (Å²) in [5, 5.41) is 11.8. The molecule has 0 heterocycles. The van der Waals surface area contributed by atoms with Gasteiger partial charge in [-0.1, -0.05) is 30.3 Å². The first kappa shape index (κ1) is 19.5. The number of anilines is 1. The Labute approximate surface area is 148 Å². The van der Waals surface area contributed by atoms with Crippen molar-refractivity contribution in [3.05, 3.63) is 65.2 Å². The van der Waals surface area contributed by atoms with Crippen LogP contribution < -0.4 is 5.32 Å². The van der Waals surface area contributed by atoms with Gasteiger partial charge in [0, 0.05) is 5.69 Å². The fraction of sp³-hybridized carbons (Fsp3) is 0.263. The molecule has 0 atom stereocenters. The van der Waals surface area contributed by atoms with E-state index < -0.39 is 29.0 Å². The fourth-order valence-corrected chi connectivity index (χ4v) is 2.34. The molecule has 0 unspecified atom stereocenters. The van der Waals surface area contributed by atoms with Crippen LogP contribution in [0.2, 0.25) is 0 Å². The first-order chi connectivity index (χ1) is 12.0. The molecule has 0 aliphatic carbocycles. The van der Waals surface area contributed by atoms with Crippen molar-refractivity contribution in [2.24, 2.45) is 0 Å². The number of carbonyl (C=O) groups excluding carboxylic acids is 1. The molecule has 0 spiro atoms. The van der Waals surface area contributed by atoms with Crippen molar-refractivity contribution in [1.82, 2.24) is 0 Å². The summed E-state index contributed by atoms with van der Waals surface area (Å²) in [5.41, 5.74) is -0.614. The summed E-state index contributed by atoms with van der Waals surface area (Å²) in [7, 11) is 0. The van der Waals surface area contributed by atoms with Gasteiger partial charge in [-0.25, -0.2) is 0 Å². The van der Waals surface area contributed by atoms with Crippen molar-refractivity contribution in [3.8, 4) is 0 Å². The minimum Gasteiger partial charge on any atom is -0.481 e. The normalized spacial score (nSPS) is 11.9. The zero-order chi connectivity index (χ0) is 19.5. The second-order valence-electron chi connectivity index (χ2n) is 6.43. The van der Waals surface area contributed by atoms with E-state index >= 15 is 0 Å². The van der Waals surface area contributed by atoms with Crippen molar-refractivity contribution in [2.45, 2.75) is 31.9 Å². The molecule has 0 saturated carbocycles. The lowest BCUT2D eigenvalue weighted by Crippen LogP contribution is -2.28. The van der Waals surface area contributed by atoms with Crippen LogP contribution in [0.4, 0.5) is 18.9 Å². The molecule has 0 aromatic heterocycles. The maximum atomic E-state index is 12.7. The SMILES string of the molecule is CC(C)(C(=O)O)c1ccc(NC(=O)Cc2cccc(C(F)(F)F)c2)cc1. The lowest BCUT2D eigenvalue weighted by Gasteiger charge is -2.19. The van der Waals surface area contributed by atoms with E-state index in [-0.39, 0.29) is 12.0 Å². The van der Waals surface area contributed by atoms with Gasteiger partial charge in [0.05, 0.1) is 17.4 Å². The predicted octanol–water partition coefficient (Wildman–Crippen LogP) is 4.25. The number of hydrogen-bond donors (Lipinski definition) is 2. The number of hydrogen-bond acceptors (Lipinski definition) is 2. The van der Waals surface area contributed by atoms with Gasteiger partial charge in [-0.3, -0.25) is 9.59 Å². The third-order valence-corrected chi connectivity index (χ3v) is 4.04. The maximum absolute atomic E-state index is 12.7. The monoisotopic (exact) mass is 365 g/mol. The first-order valence-corrected chi connectivity index (χ1v) is 7.80. The zero-order valence-corrected chi connectivity index (χ0v) is 14.2. The first-order valence-electron chi connectivity index (χ1n) is 7.80. The molecule has 2 N–H and O–H groups in total. The Hall–Kier alpha value is -2.83. The third kappa shape index (κ3) is 4.62. The number of carbonyl (C=O) groups is 2. The van der Waals surface area contributed by atoms with Gasteiger partial charge in [-0.15, -0.1) is 0 Å². The Bertz CT molecular complexity index is 812. The van der Waals surface area contributed by atoms with Crippen LogP contribution in [-0.2, 0) is 27.6 Å². The van der Waals surface area contributed by atoms with E-state index in [0.717, 1.165) is 12.1 Å². The maximum Gasteiger partial charge on any atom is 0.416 e. The third-order valence-electron chi connectivity index (χ3n) is 4.04. The van der Waals surface area contributed by atoms with Crippen molar-refractivity contribution >= 4 is 17.6 Å². The van der Waals surface area contributed by atoms with E-state index in [2.05, 4.69) is 5.32 Å². The van der Waals surface area contributed by atoms with Crippen molar-refractivity contribution in [1.29, 1.82) is 0 Å². The number of carboxylic acids is 1. The van der Waals surface area contributed by atoms with Crippen LogP contribution in [0.15, 0.2) is 48.5 Å². The molecule has 1 amide bonds. The summed E-state index contributed by atoms with van der Waals surface area (Å²) < 4.78 is 38.1. The number of rotatable bonds is 5. The number of nitrogens with one attached hydrogen (secondary N) is 1. The summed E-state index contributed by atoms with van der Waals surface area (Å²) >= 11 is 0. The van der Waals surface area contributed by atoms with Gasteiger partial charge in [0.25, 0.3) is 0 Å². The van der Waals surface area contributed by atoms with E-state index in [1.54, 1.807) is 38.1 Å². The van der Waals surface area contributed by atoms with E-state index in [1.165, 1.54) is 12.1 Å². The van der Waals surface area contributed by atoms with Crippen LogP contribution in [0.1, 0.15) is 30.5 Å². The van der Waals surface area contributed by atoms with Gasteiger partial charge >= 0.3 is 12.1 Å². The van der Waals surface area contributed by atoms with E-state index in [1.807, 2.05) is 0 Å². The van der Waals surface area contributed by atoms with Crippen LogP contribution >= 0.6 is 0 Å². The Morgan fingerprint density at radius 2 is 1.62 bits per heavy atom. The lowest BCUT2D eigenvalue weighted by atomic mass is 9.85. The summed E-state index contributed by atoms with van der Waals surface area (Å²) in [6.45, 7) is 3.13. The molecule has 0 saturated heterocycles. The van der Waals surface area contributed by atoms with Crippen LogP contribution in [0.3, 0.4) is 0 Å². The molecule has 0 aliphatic heterocycles. The topological polar surface area (TPSA) is 66.4 Å². The zero-order valence-electron chi connectivity index (χ0n) is 14.2. The number of aliphatic carboxylic acids is 1. The summed E-state index contributed by atoms with van der Waals surface area (Å²) in [5.74, 6) is -1.44. The van der Waals surface area contributed by atoms with Crippen molar-refractivity contribution < 1.29 is 27.9 Å². The van der Waals surface area contributed by atoms with Crippen LogP contribution in [0.5, 0.6) is 0 Å². The molecule has 0 fully saturated rings. The standard InChI is InChI=1S/C19H18F3NO3/c1-18(2,17(25)26)13-6-8-15(9-7-13)23-16(24)11-12-4-3-5-14(10-12)19(20,21)22/h3-10H,11H2,1-2H3,(H,23,24)(H,25,26). The highest BCUT2D eigenvalue weighted by molar-refractivity contribution is 5.92. The van der Waals surface area contributed by atoms with Crippen LogP contribution in [0, 0.1) is 0 Å².